The largest absolute Gasteiger partial charge is 0.457 e. The zero-order valence-electron chi connectivity index (χ0n) is 16.1. The Hall–Kier alpha value is -3.80. The van der Waals surface area contributed by atoms with Gasteiger partial charge in [-0.2, -0.15) is 0 Å². The molecule has 0 bridgehead atoms. The van der Waals surface area contributed by atoms with Gasteiger partial charge in [0.25, 0.3) is 0 Å². The summed E-state index contributed by atoms with van der Waals surface area (Å²) in [5.74, 6) is 1.23. The summed E-state index contributed by atoms with van der Waals surface area (Å²) in [7, 11) is 0. The molecular formula is C23H23N3O3. The van der Waals surface area contributed by atoms with Crippen LogP contribution in [-0.2, 0) is 9.59 Å². The normalized spacial score (nSPS) is 10.1. The molecule has 0 spiro atoms. The summed E-state index contributed by atoms with van der Waals surface area (Å²) < 4.78 is 5.75. The number of benzene rings is 3. The smallest absolute Gasteiger partial charge is 0.243 e. The van der Waals surface area contributed by atoms with Crippen LogP contribution in [0, 0.1) is 0 Å². The van der Waals surface area contributed by atoms with Gasteiger partial charge < -0.3 is 20.7 Å². The highest BCUT2D eigenvalue weighted by Crippen LogP contribution is 2.22. The van der Waals surface area contributed by atoms with Crippen LogP contribution in [-0.4, -0.2) is 18.4 Å². The molecule has 0 aliphatic carbocycles. The minimum absolute atomic E-state index is 0.0742. The minimum Gasteiger partial charge on any atom is -0.457 e. The van der Waals surface area contributed by atoms with E-state index in [1.165, 1.54) is 0 Å². The third-order valence-corrected chi connectivity index (χ3v) is 4.04. The zero-order chi connectivity index (χ0) is 20.5. The van der Waals surface area contributed by atoms with Gasteiger partial charge in [-0.1, -0.05) is 31.2 Å². The molecular weight excluding hydrogens is 366 g/mol. The number of anilines is 3. The van der Waals surface area contributed by atoms with Crippen LogP contribution in [0.25, 0.3) is 0 Å². The van der Waals surface area contributed by atoms with E-state index in [1.807, 2.05) is 54.6 Å². The van der Waals surface area contributed by atoms with E-state index in [0.717, 1.165) is 17.2 Å². The lowest BCUT2D eigenvalue weighted by Gasteiger charge is -2.10. The molecule has 0 aliphatic rings. The molecule has 0 heterocycles. The van der Waals surface area contributed by atoms with E-state index >= 15 is 0 Å². The maximum absolute atomic E-state index is 12.2. The Morgan fingerprint density at radius 1 is 0.724 bits per heavy atom. The molecule has 3 aromatic carbocycles. The number of rotatable bonds is 8. The molecule has 148 valence electrons. The number of ether oxygens (including phenoxy) is 1. The van der Waals surface area contributed by atoms with Crippen molar-refractivity contribution in [2.24, 2.45) is 0 Å². The van der Waals surface area contributed by atoms with Gasteiger partial charge in [-0.05, 0) is 54.6 Å². The van der Waals surface area contributed by atoms with Gasteiger partial charge in [0.1, 0.15) is 11.5 Å². The highest BCUT2D eigenvalue weighted by Gasteiger charge is 2.05. The molecule has 0 fully saturated rings. The van der Waals surface area contributed by atoms with E-state index in [9.17, 15) is 9.59 Å². The number of nitrogens with one attached hydrogen (secondary N) is 3. The number of hydrogen-bond donors (Lipinski definition) is 3. The first-order valence-corrected chi connectivity index (χ1v) is 9.39. The molecule has 0 saturated carbocycles. The van der Waals surface area contributed by atoms with Gasteiger partial charge in [0, 0.05) is 23.5 Å². The molecule has 0 aromatic heterocycles. The molecule has 0 radical (unpaired) electrons. The number of amides is 2. The highest BCUT2D eigenvalue weighted by molar-refractivity contribution is 5.95. The Bertz CT molecular complexity index is 957. The fourth-order valence-electron chi connectivity index (χ4n) is 2.58. The van der Waals surface area contributed by atoms with Crippen LogP contribution in [0.5, 0.6) is 11.5 Å². The first-order chi connectivity index (χ1) is 14.1. The first kappa shape index (κ1) is 19.9. The van der Waals surface area contributed by atoms with Gasteiger partial charge in [-0.3, -0.25) is 9.59 Å². The molecule has 3 aromatic rings. The Labute approximate surface area is 169 Å². The number of hydrogen-bond acceptors (Lipinski definition) is 4. The summed E-state index contributed by atoms with van der Waals surface area (Å²) in [6.45, 7) is 1.90. The number of carbonyl (C=O) groups excluding carboxylic acids is 2. The first-order valence-electron chi connectivity index (χ1n) is 9.39. The average molecular weight is 389 g/mol. The predicted molar refractivity (Wildman–Crippen MR) is 115 cm³/mol. The van der Waals surface area contributed by atoms with Crippen LogP contribution in [0.4, 0.5) is 17.1 Å². The van der Waals surface area contributed by atoms with E-state index in [2.05, 4.69) is 16.0 Å². The van der Waals surface area contributed by atoms with Crippen molar-refractivity contribution >= 4 is 28.9 Å². The lowest BCUT2D eigenvalue weighted by Crippen LogP contribution is -2.21. The molecule has 0 saturated heterocycles. The van der Waals surface area contributed by atoms with E-state index < -0.39 is 0 Å². The molecule has 6 heteroatoms. The summed E-state index contributed by atoms with van der Waals surface area (Å²) in [4.78, 5) is 23.7. The lowest BCUT2D eigenvalue weighted by molar-refractivity contribution is -0.116. The van der Waals surface area contributed by atoms with Crippen LogP contribution >= 0.6 is 0 Å². The fraction of sp³-hybridized carbons (Fsp3) is 0.130. The molecule has 2 amide bonds. The van der Waals surface area contributed by atoms with Crippen molar-refractivity contribution in [2.45, 2.75) is 13.3 Å². The number of para-hydroxylation sites is 1. The SMILES string of the molecule is CCC(=O)Nc1cccc(NC(=O)CNc2ccc(Oc3ccccc3)cc2)c1. The third kappa shape index (κ3) is 6.39. The standard InChI is InChI=1S/C23H23N3O3/c1-2-22(27)25-18-7-6-8-19(15-18)26-23(28)16-24-17-11-13-21(14-12-17)29-20-9-4-3-5-10-20/h3-15,24H,2,16H2,1H3,(H,25,27)(H,26,28). The van der Waals surface area contributed by atoms with E-state index in [4.69, 9.17) is 4.74 Å². The monoisotopic (exact) mass is 389 g/mol. The lowest BCUT2D eigenvalue weighted by atomic mass is 10.2. The maximum Gasteiger partial charge on any atom is 0.243 e. The predicted octanol–water partition coefficient (Wildman–Crippen LogP) is 4.88. The zero-order valence-corrected chi connectivity index (χ0v) is 16.1. The van der Waals surface area contributed by atoms with Gasteiger partial charge >= 0.3 is 0 Å². The quantitative estimate of drug-likeness (QED) is 0.513. The molecule has 3 rings (SSSR count). The van der Waals surface area contributed by atoms with Gasteiger partial charge in [-0.25, -0.2) is 0 Å². The Balaban J connectivity index is 1.49. The average Bonchev–Trinajstić information content (AvgIpc) is 2.74. The second-order valence-electron chi connectivity index (χ2n) is 6.32. The van der Waals surface area contributed by atoms with Crippen molar-refractivity contribution in [2.75, 3.05) is 22.5 Å². The van der Waals surface area contributed by atoms with Crippen molar-refractivity contribution in [3.8, 4) is 11.5 Å². The second-order valence-corrected chi connectivity index (χ2v) is 6.32. The van der Waals surface area contributed by atoms with Gasteiger partial charge in [0.05, 0.1) is 6.54 Å². The Morgan fingerprint density at radius 3 is 2.00 bits per heavy atom. The van der Waals surface area contributed by atoms with Gasteiger partial charge in [0.2, 0.25) is 11.8 Å². The minimum atomic E-state index is -0.186. The van der Waals surface area contributed by atoms with Crippen molar-refractivity contribution in [1.29, 1.82) is 0 Å². The van der Waals surface area contributed by atoms with Crippen molar-refractivity contribution in [1.82, 2.24) is 0 Å². The molecule has 29 heavy (non-hydrogen) atoms. The van der Waals surface area contributed by atoms with Crippen molar-refractivity contribution < 1.29 is 14.3 Å². The van der Waals surface area contributed by atoms with Crippen molar-refractivity contribution in [3.05, 3.63) is 78.9 Å². The highest BCUT2D eigenvalue weighted by atomic mass is 16.5. The molecule has 0 aliphatic heterocycles. The number of carbonyl (C=O) groups is 2. The molecule has 0 unspecified atom stereocenters. The molecule has 3 N–H and O–H groups in total. The van der Waals surface area contributed by atoms with E-state index in [1.54, 1.807) is 31.2 Å². The fourth-order valence-corrected chi connectivity index (χ4v) is 2.58. The van der Waals surface area contributed by atoms with Crippen molar-refractivity contribution in [3.63, 3.8) is 0 Å². The Morgan fingerprint density at radius 2 is 1.34 bits per heavy atom. The Kier molecular flexibility index (Phi) is 6.84. The van der Waals surface area contributed by atoms with E-state index in [0.29, 0.717) is 17.8 Å². The van der Waals surface area contributed by atoms with Crippen LogP contribution < -0.4 is 20.7 Å². The topological polar surface area (TPSA) is 79.5 Å². The van der Waals surface area contributed by atoms with Crippen LogP contribution in [0.2, 0.25) is 0 Å². The second kappa shape index (κ2) is 9.94. The third-order valence-electron chi connectivity index (χ3n) is 4.04. The maximum atomic E-state index is 12.2. The van der Waals surface area contributed by atoms with Gasteiger partial charge in [-0.15, -0.1) is 0 Å². The summed E-state index contributed by atoms with van der Waals surface area (Å²) in [5.41, 5.74) is 2.08. The van der Waals surface area contributed by atoms with Crippen LogP contribution in [0.1, 0.15) is 13.3 Å². The summed E-state index contributed by atoms with van der Waals surface area (Å²) >= 11 is 0. The summed E-state index contributed by atoms with van der Waals surface area (Å²) in [6, 6.07) is 24.0. The summed E-state index contributed by atoms with van der Waals surface area (Å²) in [5, 5.41) is 8.65. The summed E-state index contributed by atoms with van der Waals surface area (Å²) in [6.07, 6.45) is 0.398. The van der Waals surface area contributed by atoms with E-state index in [-0.39, 0.29) is 18.4 Å². The molecule has 0 atom stereocenters. The van der Waals surface area contributed by atoms with Gasteiger partial charge in [0.15, 0.2) is 0 Å². The van der Waals surface area contributed by atoms with Crippen LogP contribution in [0.3, 0.4) is 0 Å². The molecule has 6 nitrogen and oxygen atoms in total. The van der Waals surface area contributed by atoms with Crippen LogP contribution in [0.15, 0.2) is 78.9 Å².